The first-order valence-corrected chi connectivity index (χ1v) is 5.03. The summed E-state index contributed by atoms with van der Waals surface area (Å²) in [6.45, 7) is 2.93. The highest BCUT2D eigenvalue weighted by molar-refractivity contribution is 5.04. The third-order valence-electron chi connectivity index (χ3n) is 2.31. The van der Waals surface area contributed by atoms with Crippen LogP contribution in [0.2, 0.25) is 0 Å². The van der Waals surface area contributed by atoms with Gasteiger partial charge in [0.05, 0.1) is 0 Å². The number of aryl methyl sites for hydroxylation is 1. The number of hydrogen-bond donors (Lipinski definition) is 1. The molecule has 0 radical (unpaired) electrons. The molecule has 0 fully saturated rings. The second-order valence-electron chi connectivity index (χ2n) is 3.44. The van der Waals surface area contributed by atoms with Gasteiger partial charge in [-0.15, -0.1) is 0 Å². The van der Waals surface area contributed by atoms with Crippen LogP contribution in [0.1, 0.15) is 25.0 Å². The molecule has 0 aliphatic heterocycles. The summed E-state index contributed by atoms with van der Waals surface area (Å²) >= 11 is 0. The standard InChI is InChI=1S/C11H17NO2/c1-10-6-5-7-11(14)12(10)8-3-2-4-9-13/h5-7,13H,2-4,8-9H2,1H3. The number of aliphatic hydroxyl groups excluding tert-OH is 1. The maximum Gasteiger partial charge on any atom is 0.250 e. The van der Waals surface area contributed by atoms with Crippen LogP contribution in [0.4, 0.5) is 0 Å². The Labute approximate surface area is 84.0 Å². The molecule has 0 saturated heterocycles. The lowest BCUT2D eigenvalue weighted by atomic mass is 10.2. The summed E-state index contributed by atoms with van der Waals surface area (Å²) in [5.41, 5.74) is 1.07. The highest BCUT2D eigenvalue weighted by Gasteiger charge is 1.97. The van der Waals surface area contributed by atoms with Crippen molar-refractivity contribution in [1.29, 1.82) is 0 Å². The van der Waals surface area contributed by atoms with Crippen molar-refractivity contribution in [2.75, 3.05) is 6.61 Å². The Hall–Kier alpha value is -1.09. The zero-order chi connectivity index (χ0) is 10.4. The van der Waals surface area contributed by atoms with Crippen LogP contribution in [0.5, 0.6) is 0 Å². The molecule has 0 aliphatic rings. The molecule has 3 heteroatoms. The number of rotatable bonds is 5. The summed E-state index contributed by atoms with van der Waals surface area (Å²) in [5.74, 6) is 0. The van der Waals surface area contributed by atoms with Gasteiger partial charge in [0.2, 0.25) is 0 Å². The summed E-state index contributed by atoms with van der Waals surface area (Å²) in [7, 11) is 0. The lowest BCUT2D eigenvalue weighted by Gasteiger charge is -2.08. The van der Waals surface area contributed by atoms with E-state index in [0.29, 0.717) is 0 Å². The van der Waals surface area contributed by atoms with Gasteiger partial charge in [0.25, 0.3) is 5.56 Å². The second kappa shape index (κ2) is 5.60. The Morgan fingerprint density at radius 3 is 2.71 bits per heavy atom. The molecule has 0 unspecified atom stereocenters. The minimum absolute atomic E-state index is 0.0639. The Balaban J connectivity index is 2.54. The smallest absolute Gasteiger partial charge is 0.250 e. The lowest BCUT2D eigenvalue weighted by molar-refractivity contribution is 0.281. The molecule has 0 bridgehead atoms. The van der Waals surface area contributed by atoms with E-state index in [1.54, 1.807) is 16.7 Å². The summed E-state index contributed by atoms with van der Waals surface area (Å²) in [6, 6.07) is 5.30. The van der Waals surface area contributed by atoms with Crippen LogP contribution in [-0.4, -0.2) is 16.3 Å². The normalized spacial score (nSPS) is 10.4. The van der Waals surface area contributed by atoms with Crippen molar-refractivity contribution in [3.8, 4) is 0 Å². The van der Waals surface area contributed by atoms with Crippen LogP contribution in [0.25, 0.3) is 0 Å². The van der Waals surface area contributed by atoms with E-state index in [0.717, 1.165) is 31.5 Å². The highest BCUT2D eigenvalue weighted by Crippen LogP contribution is 1.99. The second-order valence-corrected chi connectivity index (χ2v) is 3.44. The molecule has 1 aromatic rings. The number of pyridine rings is 1. The first-order chi connectivity index (χ1) is 6.75. The minimum atomic E-state index is 0.0639. The van der Waals surface area contributed by atoms with Crippen LogP contribution in [0.3, 0.4) is 0 Å². The van der Waals surface area contributed by atoms with Gasteiger partial charge in [-0.1, -0.05) is 6.07 Å². The maximum absolute atomic E-state index is 11.4. The van der Waals surface area contributed by atoms with E-state index in [1.807, 2.05) is 13.0 Å². The summed E-state index contributed by atoms with van der Waals surface area (Å²) in [4.78, 5) is 11.4. The molecule has 1 rings (SSSR count). The van der Waals surface area contributed by atoms with Crippen LogP contribution in [0, 0.1) is 6.92 Å². The predicted molar refractivity (Wildman–Crippen MR) is 56.4 cm³/mol. The van der Waals surface area contributed by atoms with Gasteiger partial charge in [-0.25, -0.2) is 0 Å². The number of aromatic nitrogens is 1. The van der Waals surface area contributed by atoms with Crippen molar-refractivity contribution < 1.29 is 5.11 Å². The van der Waals surface area contributed by atoms with Crippen molar-refractivity contribution in [2.24, 2.45) is 0 Å². The van der Waals surface area contributed by atoms with E-state index in [2.05, 4.69) is 0 Å². The van der Waals surface area contributed by atoms with Gasteiger partial charge in [-0.05, 0) is 32.3 Å². The van der Waals surface area contributed by atoms with Gasteiger partial charge in [-0.3, -0.25) is 4.79 Å². The van der Waals surface area contributed by atoms with Crippen molar-refractivity contribution in [2.45, 2.75) is 32.7 Å². The number of unbranched alkanes of at least 4 members (excludes halogenated alkanes) is 2. The van der Waals surface area contributed by atoms with Crippen LogP contribution in [-0.2, 0) is 6.54 Å². The van der Waals surface area contributed by atoms with Gasteiger partial charge < -0.3 is 9.67 Å². The van der Waals surface area contributed by atoms with Gasteiger partial charge in [-0.2, -0.15) is 0 Å². The molecule has 0 saturated carbocycles. The Kier molecular flexibility index (Phi) is 4.40. The molecule has 78 valence electrons. The maximum atomic E-state index is 11.4. The quantitative estimate of drug-likeness (QED) is 0.720. The van der Waals surface area contributed by atoms with E-state index in [1.165, 1.54) is 0 Å². The van der Waals surface area contributed by atoms with Gasteiger partial charge in [0.15, 0.2) is 0 Å². The Morgan fingerprint density at radius 1 is 1.29 bits per heavy atom. The third-order valence-corrected chi connectivity index (χ3v) is 2.31. The molecule has 0 amide bonds. The molecule has 0 atom stereocenters. The largest absolute Gasteiger partial charge is 0.396 e. The molecular formula is C11H17NO2. The van der Waals surface area contributed by atoms with Crippen molar-refractivity contribution >= 4 is 0 Å². The van der Waals surface area contributed by atoms with Crippen molar-refractivity contribution in [3.63, 3.8) is 0 Å². The van der Waals surface area contributed by atoms with Gasteiger partial charge >= 0.3 is 0 Å². The molecule has 3 nitrogen and oxygen atoms in total. The fourth-order valence-corrected chi connectivity index (χ4v) is 1.47. The Morgan fingerprint density at radius 2 is 2.07 bits per heavy atom. The summed E-state index contributed by atoms with van der Waals surface area (Å²) in [5, 5.41) is 8.60. The molecule has 0 spiro atoms. The lowest BCUT2D eigenvalue weighted by Crippen LogP contribution is -2.20. The monoisotopic (exact) mass is 195 g/mol. The third kappa shape index (κ3) is 3.00. The zero-order valence-electron chi connectivity index (χ0n) is 8.57. The molecule has 0 aromatic carbocycles. The number of nitrogens with zero attached hydrogens (tertiary/aromatic N) is 1. The average Bonchev–Trinajstić information content (AvgIpc) is 2.16. The topological polar surface area (TPSA) is 42.2 Å². The van der Waals surface area contributed by atoms with Gasteiger partial charge in [0, 0.05) is 24.9 Å². The molecular weight excluding hydrogens is 178 g/mol. The average molecular weight is 195 g/mol. The molecule has 0 aliphatic carbocycles. The molecule has 14 heavy (non-hydrogen) atoms. The SMILES string of the molecule is Cc1cccc(=O)n1CCCCCO. The number of hydrogen-bond acceptors (Lipinski definition) is 2. The van der Waals surface area contributed by atoms with E-state index in [4.69, 9.17) is 5.11 Å². The fourth-order valence-electron chi connectivity index (χ4n) is 1.47. The van der Waals surface area contributed by atoms with Crippen molar-refractivity contribution in [1.82, 2.24) is 4.57 Å². The fraction of sp³-hybridized carbons (Fsp3) is 0.545. The van der Waals surface area contributed by atoms with E-state index >= 15 is 0 Å². The Bertz CT molecular complexity index is 330. The summed E-state index contributed by atoms with van der Waals surface area (Å²) < 4.78 is 1.78. The first-order valence-electron chi connectivity index (χ1n) is 5.03. The minimum Gasteiger partial charge on any atom is -0.396 e. The van der Waals surface area contributed by atoms with Crippen LogP contribution < -0.4 is 5.56 Å². The predicted octanol–water partition coefficient (Wildman–Crippen LogP) is 1.32. The van der Waals surface area contributed by atoms with Gasteiger partial charge in [0.1, 0.15) is 0 Å². The molecule has 1 N–H and O–H groups in total. The molecule has 1 heterocycles. The van der Waals surface area contributed by atoms with E-state index in [-0.39, 0.29) is 12.2 Å². The van der Waals surface area contributed by atoms with Crippen molar-refractivity contribution in [3.05, 3.63) is 34.2 Å². The van der Waals surface area contributed by atoms with Crippen LogP contribution in [0.15, 0.2) is 23.0 Å². The van der Waals surface area contributed by atoms with Crippen LogP contribution >= 0.6 is 0 Å². The molecule has 1 aromatic heterocycles. The summed E-state index contributed by atoms with van der Waals surface area (Å²) in [6.07, 6.45) is 2.74. The number of aliphatic hydroxyl groups is 1. The van der Waals surface area contributed by atoms with E-state index < -0.39 is 0 Å². The zero-order valence-corrected chi connectivity index (χ0v) is 8.57. The highest BCUT2D eigenvalue weighted by atomic mass is 16.2. The first kappa shape index (κ1) is 11.0. The van der Waals surface area contributed by atoms with E-state index in [9.17, 15) is 4.79 Å².